The van der Waals surface area contributed by atoms with Crippen molar-refractivity contribution in [1.29, 1.82) is 0 Å². The van der Waals surface area contributed by atoms with Crippen LogP contribution in [0.5, 0.6) is 0 Å². The molecule has 1 aromatic carbocycles. The predicted octanol–water partition coefficient (Wildman–Crippen LogP) is 2.50. The zero-order valence-electron chi connectivity index (χ0n) is 18.0. The van der Waals surface area contributed by atoms with Gasteiger partial charge in [0.2, 0.25) is 11.8 Å². The molecule has 0 radical (unpaired) electrons. The molecule has 0 bridgehead atoms. The molecule has 2 amide bonds. The van der Waals surface area contributed by atoms with E-state index in [0.717, 1.165) is 30.0 Å². The maximum atomic E-state index is 12.8. The third-order valence-electron chi connectivity index (χ3n) is 5.06. The molecule has 2 aromatic rings. The zero-order chi connectivity index (χ0) is 22.2. The first kappa shape index (κ1) is 22.3. The van der Waals surface area contributed by atoms with Crippen molar-refractivity contribution in [1.82, 2.24) is 9.88 Å². The van der Waals surface area contributed by atoms with Crippen LogP contribution in [0, 0.1) is 0 Å². The Kier molecular flexibility index (Phi) is 7.59. The maximum Gasteiger partial charge on any atom is 0.339 e. The summed E-state index contributed by atoms with van der Waals surface area (Å²) < 4.78 is 4.99. The van der Waals surface area contributed by atoms with Crippen molar-refractivity contribution in [3.63, 3.8) is 0 Å². The van der Waals surface area contributed by atoms with Gasteiger partial charge in [-0.2, -0.15) is 0 Å². The first-order valence-corrected chi connectivity index (χ1v) is 10.5. The number of aromatic nitrogens is 1. The lowest BCUT2D eigenvalue weighted by atomic mass is 10.1. The number of nitrogens with zero attached hydrogens (tertiary/aromatic N) is 3. The molecule has 1 saturated heterocycles. The summed E-state index contributed by atoms with van der Waals surface area (Å²) in [7, 11) is 0. The number of ether oxygens (including phenoxy) is 1. The number of benzene rings is 1. The molecule has 1 fully saturated rings. The van der Waals surface area contributed by atoms with E-state index >= 15 is 0 Å². The van der Waals surface area contributed by atoms with Gasteiger partial charge >= 0.3 is 5.97 Å². The fourth-order valence-electron chi connectivity index (χ4n) is 3.50. The van der Waals surface area contributed by atoms with Crippen LogP contribution >= 0.6 is 0 Å². The molecule has 1 aliphatic heterocycles. The van der Waals surface area contributed by atoms with Crippen LogP contribution in [0.4, 0.5) is 11.5 Å². The molecule has 0 saturated carbocycles. The molecule has 31 heavy (non-hydrogen) atoms. The lowest BCUT2D eigenvalue weighted by Crippen LogP contribution is -2.36. The maximum absolute atomic E-state index is 12.8. The first-order chi connectivity index (χ1) is 15.0. The van der Waals surface area contributed by atoms with Gasteiger partial charge in [0.25, 0.3) is 0 Å². The van der Waals surface area contributed by atoms with Gasteiger partial charge in [0, 0.05) is 45.0 Å². The molecule has 164 valence electrons. The fraction of sp³-hybridized carbons (Fsp3) is 0.391. The van der Waals surface area contributed by atoms with Crippen molar-refractivity contribution in [3.8, 4) is 0 Å². The third kappa shape index (κ3) is 6.28. The van der Waals surface area contributed by atoms with Crippen LogP contribution in [0.3, 0.4) is 0 Å². The van der Waals surface area contributed by atoms with Gasteiger partial charge in [-0.1, -0.05) is 12.1 Å². The third-order valence-corrected chi connectivity index (χ3v) is 5.06. The lowest BCUT2D eigenvalue weighted by molar-refractivity contribution is -0.130. The molecule has 0 atom stereocenters. The minimum absolute atomic E-state index is 0.0831. The van der Waals surface area contributed by atoms with Gasteiger partial charge < -0.3 is 19.9 Å². The minimum Gasteiger partial charge on any atom is -0.462 e. The Balaban J connectivity index is 1.55. The lowest BCUT2D eigenvalue weighted by Gasteiger charge is -2.23. The molecule has 0 aliphatic carbocycles. The molecule has 2 heterocycles. The smallest absolute Gasteiger partial charge is 0.339 e. The van der Waals surface area contributed by atoms with Crippen LogP contribution in [-0.2, 0) is 20.7 Å². The van der Waals surface area contributed by atoms with Crippen LogP contribution in [-0.4, -0.2) is 60.5 Å². The molecule has 8 heteroatoms. The summed E-state index contributed by atoms with van der Waals surface area (Å²) in [6.45, 7) is 6.34. The average molecular weight is 425 g/mol. The summed E-state index contributed by atoms with van der Waals surface area (Å²) in [6.07, 6.45) is 2.70. The predicted molar refractivity (Wildman–Crippen MR) is 118 cm³/mol. The number of pyridine rings is 1. The standard InChI is InChI=1S/C23H28N4O4/c1-3-31-23(30)19-7-10-21(24-16-19)26-11-4-12-27(14-13-26)22(29)15-18-5-8-20(9-6-18)25-17(2)28/h5-10,16H,3-4,11-15H2,1-2H3,(H,25,28). The highest BCUT2D eigenvalue weighted by Gasteiger charge is 2.20. The van der Waals surface area contributed by atoms with E-state index in [1.54, 1.807) is 25.1 Å². The number of carbonyl (C=O) groups is 3. The summed E-state index contributed by atoms with van der Waals surface area (Å²) >= 11 is 0. The van der Waals surface area contributed by atoms with Gasteiger partial charge in [-0.15, -0.1) is 0 Å². The van der Waals surface area contributed by atoms with Crippen LogP contribution in [0.1, 0.15) is 36.2 Å². The van der Waals surface area contributed by atoms with Gasteiger partial charge in [-0.05, 0) is 43.2 Å². The van der Waals surface area contributed by atoms with Crippen molar-refractivity contribution in [2.75, 3.05) is 43.0 Å². The molecule has 0 spiro atoms. The van der Waals surface area contributed by atoms with E-state index in [4.69, 9.17) is 4.74 Å². The summed E-state index contributed by atoms with van der Waals surface area (Å²) in [6, 6.07) is 10.9. The first-order valence-electron chi connectivity index (χ1n) is 10.5. The van der Waals surface area contributed by atoms with Gasteiger partial charge in [0.1, 0.15) is 5.82 Å². The molecule has 0 unspecified atom stereocenters. The Morgan fingerprint density at radius 3 is 2.45 bits per heavy atom. The largest absolute Gasteiger partial charge is 0.462 e. The Bertz CT molecular complexity index is 912. The Morgan fingerprint density at radius 2 is 1.81 bits per heavy atom. The van der Waals surface area contributed by atoms with E-state index in [0.29, 0.717) is 38.2 Å². The molecule has 1 N–H and O–H groups in total. The quantitative estimate of drug-likeness (QED) is 0.717. The van der Waals surface area contributed by atoms with Gasteiger partial charge in [0.05, 0.1) is 18.6 Å². The summed E-state index contributed by atoms with van der Waals surface area (Å²) in [4.78, 5) is 44.1. The highest BCUT2D eigenvalue weighted by molar-refractivity contribution is 5.89. The van der Waals surface area contributed by atoms with E-state index in [1.807, 2.05) is 23.1 Å². The van der Waals surface area contributed by atoms with Crippen molar-refractivity contribution in [2.45, 2.75) is 26.7 Å². The monoisotopic (exact) mass is 424 g/mol. The van der Waals surface area contributed by atoms with Crippen molar-refractivity contribution in [2.24, 2.45) is 0 Å². The van der Waals surface area contributed by atoms with Crippen LogP contribution < -0.4 is 10.2 Å². The second-order valence-electron chi connectivity index (χ2n) is 7.40. The van der Waals surface area contributed by atoms with Crippen molar-refractivity contribution < 1.29 is 19.1 Å². The SMILES string of the molecule is CCOC(=O)c1ccc(N2CCCN(C(=O)Cc3ccc(NC(C)=O)cc3)CC2)nc1. The molecular formula is C23H28N4O4. The Labute approximate surface area is 182 Å². The minimum atomic E-state index is -0.376. The molecule has 1 aliphatic rings. The highest BCUT2D eigenvalue weighted by atomic mass is 16.5. The Hall–Kier alpha value is -3.42. The number of anilines is 2. The second kappa shape index (κ2) is 10.6. The number of amides is 2. The summed E-state index contributed by atoms with van der Waals surface area (Å²) in [5, 5.41) is 2.72. The number of nitrogens with one attached hydrogen (secondary N) is 1. The van der Waals surface area contributed by atoms with E-state index in [9.17, 15) is 14.4 Å². The van der Waals surface area contributed by atoms with Crippen LogP contribution in [0.15, 0.2) is 42.6 Å². The van der Waals surface area contributed by atoms with Gasteiger partial charge in [-0.25, -0.2) is 9.78 Å². The van der Waals surface area contributed by atoms with E-state index in [2.05, 4.69) is 15.2 Å². The molecular weight excluding hydrogens is 396 g/mol. The molecule has 8 nitrogen and oxygen atoms in total. The van der Waals surface area contributed by atoms with E-state index < -0.39 is 0 Å². The summed E-state index contributed by atoms with van der Waals surface area (Å²) in [5.74, 6) is 0.373. The van der Waals surface area contributed by atoms with Gasteiger partial charge in [0.15, 0.2) is 0 Å². The Morgan fingerprint density at radius 1 is 1.03 bits per heavy atom. The zero-order valence-corrected chi connectivity index (χ0v) is 18.0. The van der Waals surface area contributed by atoms with Crippen molar-refractivity contribution >= 4 is 29.3 Å². The van der Waals surface area contributed by atoms with Crippen molar-refractivity contribution in [3.05, 3.63) is 53.7 Å². The van der Waals surface area contributed by atoms with E-state index in [1.165, 1.54) is 13.1 Å². The van der Waals surface area contributed by atoms with Gasteiger partial charge in [-0.3, -0.25) is 9.59 Å². The topological polar surface area (TPSA) is 91.8 Å². The molecule has 3 rings (SSSR count). The van der Waals surface area contributed by atoms with E-state index in [-0.39, 0.29) is 17.8 Å². The second-order valence-corrected chi connectivity index (χ2v) is 7.40. The normalized spacial score (nSPS) is 14.0. The number of carbonyl (C=O) groups excluding carboxylic acids is 3. The average Bonchev–Trinajstić information content (AvgIpc) is 3.01. The number of hydrogen-bond acceptors (Lipinski definition) is 6. The van der Waals surface area contributed by atoms with Crippen LogP contribution in [0.2, 0.25) is 0 Å². The number of esters is 1. The summed E-state index contributed by atoms with van der Waals surface area (Å²) in [5.41, 5.74) is 2.06. The highest BCUT2D eigenvalue weighted by Crippen LogP contribution is 2.16. The molecule has 1 aromatic heterocycles. The fourth-order valence-corrected chi connectivity index (χ4v) is 3.50. The number of rotatable bonds is 6. The van der Waals surface area contributed by atoms with Crippen LogP contribution in [0.25, 0.3) is 0 Å². The number of hydrogen-bond donors (Lipinski definition) is 1.